The lowest BCUT2D eigenvalue weighted by molar-refractivity contribution is -0.104. The maximum absolute atomic E-state index is 12.0. The van der Waals surface area contributed by atoms with E-state index in [9.17, 15) is 18.0 Å². The van der Waals surface area contributed by atoms with Crippen molar-refractivity contribution < 1.29 is 18.0 Å². The Labute approximate surface area is 101 Å². The summed E-state index contributed by atoms with van der Waals surface area (Å²) in [5.74, 6) is 0. The fourth-order valence-electron chi connectivity index (χ4n) is 1.06. The molecule has 1 nitrogen and oxygen atoms in total. The van der Waals surface area contributed by atoms with E-state index in [0.717, 1.165) is 5.56 Å². The summed E-state index contributed by atoms with van der Waals surface area (Å²) >= 11 is -0.143. The summed E-state index contributed by atoms with van der Waals surface area (Å²) in [4.78, 5) is 10.1. The Hall–Kier alpha value is -1.49. The van der Waals surface area contributed by atoms with Crippen LogP contribution in [0.5, 0.6) is 0 Å². The number of alkyl halides is 3. The van der Waals surface area contributed by atoms with Gasteiger partial charge in [0.15, 0.2) is 0 Å². The third kappa shape index (κ3) is 5.97. The van der Waals surface area contributed by atoms with Crippen LogP contribution < -0.4 is 0 Å². The SMILES string of the molecule is O=C/C=C/C=C/c1ccc(SC(F)(F)F)cc1. The number of rotatable bonds is 4. The second kappa shape index (κ2) is 6.30. The van der Waals surface area contributed by atoms with Gasteiger partial charge in [0.25, 0.3) is 0 Å². The van der Waals surface area contributed by atoms with Crippen LogP contribution in [0, 0.1) is 0 Å². The summed E-state index contributed by atoms with van der Waals surface area (Å²) in [6.07, 6.45) is 6.85. The Kier molecular flexibility index (Phi) is 5.03. The van der Waals surface area contributed by atoms with E-state index >= 15 is 0 Å². The largest absolute Gasteiger partial charge is 0.446 e. The van der Waals surface area contributed by atoms with Crippen molar-refractivity contribution in [3.63, 3.8) is 0 Å². The first-order chi connectivity index (χ1) is 8.01. The molecule has 1 aromatic carbocycles. The Balaban J connectivity index is 2.65. The van der Waals surface area contributed by atoms with Crippen LogP contribution >= 0.6 is 11.8 Å². The molecule has 0 aliphatic carbocycles. The van der Waals surface area contributed by atoms with Crippen molar-refractivity contribution in [2.45, 2.75) is 10.4 Å². The minimum atomic E-state index is -4.26. The molecule has 0 aliphatic heterocycles. The lowest BCUT2D eigenvalue weighted by atomic mass is 10.2. The highest BCUT2D eigenvalue weighted by molar-refractivity contribution is 8.00. The molecule has 0 fully saturated rings. The Morgan fingerprint density at radius 1 is 1.00 bits per heavy atom. The van der Waals surface area contributed by atoms with Crippen molar-refractivity contribution >= 4 is 24.1 Å². The van der Waals surface area contributed by atoms with Crippen LogP contribution in [0.25, 0.3) is 6.08 Å². The zero-order valence-corrected chi connectivity index (χ0v) is 9.46. The van der Waals surface area contributed by atoms with Gasteiger partial charge in [0.2, 0.25) is 0 Å². The van der Waals surface area contributed by atoms with Gasteiger partial charge in [-0.15, -0.1) is 0 Å². The Bertz CT molecular complexity index is 418. The predicted octanol–water partition coefficient (Wildman–Crippen LogP) is 4.07. The molecule has 1 aromatic rings. The maximum atomic E-state index is 12.0. The van der Waals surface area contributed by atoms with E-state index in [4.69, 9.17) is 0 Å². The molecule has 1 rings (SSSR count). The molecule has 0 unspecified atom stereocenters. The Morgan fingerprint density at radius 3 is 2.18 bits per heavy atom. The van der Waals surface area contributed by atoms with Crippen molar-refractivity contribution in [1.29, 1.82) is 0 Å². The minimum absolute atomic E-state index is 0.143. The van der Waals surface area contributed by atoms with Crippen LogP contribution in [0.2, 0.25) is 0 Å². The van der Waals surface area contributed by atoms with Gasteiger partial charge in [0, 0.05) is 4.90 Å². The van der Waals surface area contributed by atoms with Crippen LogP contribution in [0.4, 0.5) is 13.2 Å². The van der Waals surface area contributed by atoms with E-state index < -0.39 is 5.51 Å². The van der Waals surface area contributed by atoms with Gasteiger partial charge < -0.3 is 0 Å². The number of carbonyl (C=O) groups is 1. The first kappa shape index (κ1) is 13.6. The standard InChI is InChI=1S/C12H9F3OS/c13-12(14,15)17-11-7-5-10(6-8-11)4-2-1-3-9-16/h1-9H/b3-1+,4-2+. The van der Waals surface area contributed by atoms with Crippen LogP contribution in [-0.4, -0.2) is 11.8 Å². The molecule has 5 heteroatoms. The molecule has 0 aromatic heterocycles. The molecule has 0 bridgehead atoms. The number of thioether (sulfide) groups is 1. The summed E-state index contributed by atoms with van der Waals surface area (Å²) in [5.41, 5.74) is -3.49. The van der Waals surface area contributed by atoms with Crippen molar-refractivity contribution in [1.82, 2.24) is 0 Å². The number of hydrogen-bond donors (Lipinski definition) is 0. The zero-order valence-electron chi connectivity index (χ0n) is 8.65. The smallest absolute Gasteiger partial charge is 0.299 e. The van der Waals surface area contributed by atoms with Gasteiger partial charge >= 0.3 is 5.51 Å². The average Bonchev–Trinajstić information content (AvgIpc) is 2.25. The first-order valence-electron chi connectivity index (χ1n) is 4.65. The van der Waals surface area contributed by atoms with E-state index in [1.165, 1.54) is 18.2 Å². The van der Waals surface area contributed by atoms with Gasteiger partial charge in [-0.1, -0.05) is 30.4 Å². The second-order valence-corrected chi connectivity index (χ2v) is 4.14. The summed E-state index contributed by atoms with van der Waals surface area (Å²) < 4.78 is 36.1. The van der Waals surface area contributed by atoms with Crippen molar-refractivity contribution in [2.24, 2.45) is 0 Å². The molecular weight excluding hydrogens is 249 g/mol. The predicted molar refractivity (Wildman–Crippen MR) is 62.6 cm³/mol. The number of allylic oxidation sites excluding steroid dienone is 3. The van der Waals surface area contributed by atoms with Crippen LogP contribution in [0.15, 0.2) is 47.4 Å². The molecular formula is C12H9F3OS. The lowest BCUT2D eigenvalue weighted by Crippen LogP contribution is -1.98. The number of halogens is 3. The molecule has 0 amide bonds. The number of hydrogen-bond acceptors (Lipinski definition) is 2. The fraction of sp³-hybridized carbons (Fsp3) is 0.0833. The van der Waals surface area contributed by atoms with E-state index in [0.29, 0.717) is 6.29 Å². The molecule has 0 spiro atoms. The van der Waals surface area contributed by atoms with Crippen LogP contribution in [0.3, 0.4) is 0 Å². The first-order valence-corrected chi connectivity index (χ1v) is 5.47. The molecule has 0 saturated carbocycles. The molecule has 0 radical (unpaired) electrons. The highest BCUT2D eigenvalue weighted by Gasteiger charge is 2.28. The van der Waals surface area contributed by atoms with Gasteiger partial charge in [-0.05, 0) is 35.5 Å². The van der Waals surface area contributed by atoms with Crippen molar-refractivity contribution in [3.05, 3.63) is 48.1 Å². The van der Waals surface area contributed by atoms with Gasteiger partial charge in [0.1, 0.15) is 6.29 Å². The second-order valence-electron chi connectivity index (χ2n) is 3.00. The topological polar surface area (TPSA) is 17.1 Å². The summed E-state index contributed by atoms with van der Waals surface area (Å²) in [7, 11) is 0. The fourth-order valence-corrected chi connectivity index (χ4v) is 1.60. The monoisotopic (exact) mass is 258 g/mol. The molecule has 90 valence electrons. The lowest BCUT2D eigenvalue weighted by Gasteiger charge is -2.04. The van der Waals surface area contributed by atoms with E-state index in [-0.39, 0.29) is 16.7 Å². The quantitative estimate of drug-likeness (QED) is 0.350. The third-order valence-electron chi connectivity index (χ3n) is 1.70. The molecule has 0 aliphatic rings. The minimum Gasteiger partial charge on any atom is -0.299 e. The number of aldehydes is 1. The van der Waals surface area contributed by atoms with Crippen LogP contribution in [-0.2, 0) is 4.79 Å². The molecule has 17 heavy (non-hydrogen) atoms. The van der Waals surface area contributed by atoms with Gasteiger partial charge in [-0.3, -0.25) is 4.79 Å². The molecule has 0 atom stereocenters. The average molecular weight is 258 g/mol. The Morgan fingerprint density at radius 2 is 1.65 bits per heavy atom. The number of carbonyl (C=O) groups excluding carboxylic acids is 1. The molecule has 0 heterocycles. The highest BCUT2D eigenvalue weighted by Crippen LogP contribution is 2.36. The van der Waals surface area contributed by atoms with Crippen molar-refractivity contribution in [3.8, 4) is 0 Å². The highest BCUT2D eigenvalue weighted by atomic mass is 32.2. The van der Waals surface area contributed by atoms with Crippen LogP contribution in [0.1, 0.15) is 5.56 Å². The zero-order chi connectivity index (χ0) is 12.7. The number of benzene rings is 1. The summed E-state index contributed by atoms with van der Waals surface area (Å²) in [6.45, 7) is 0. The van der Waals surface area contributed by atoms with E-state index in [2.05, 4.69) is 0 Å². The molecule has 0 N–H and O–H groups in total. The third-order valence-corrected chi connectivity index (χ3v) is 2.44. The normalized spacial score (nSPS) is 12.4. The van der Waals surface area contributed by atoms with Crippen molar-refractivity contribution in [2.75, 3.05) is 0 Å². The maximum Gasteiger partial charge on any atom is 0.446 e. The van der Waals surface area contributed by atoms with Gasteiger partial charge in [-0.25, -0.2) is 0 Å². The van der Waals surface area contributed by atoms with Gasteiger partial charge in [-0.2, -0.15) is 13.2 Å². The molecule has 0 saturated heterocycles. The van der Waals surface area contributed by atoms with E-state index in [1.54, 1.807) is 30.4 Å². The summed E-state index contributed by atoms with van der Waals surface area (Å²) in [5, 5.41) is 0. The van der Waals surface area contributed by atoms with Gasteiger partial charge in [0.05, 0.1) is 0 Å². The van der Waals surface area contributed by atoms with E-state index in [1.807, 2.05) is 0 Å². The summed E-state index contributed by atoms with van der Waals surface area (Å²) in [6, 6.07) is 5.97.